The Labute approximate surface area is 140 Å². The van der Waals surface area contributed by atoms with E-state index in [9.17, 15) is 9.59 Å². The normalized spacial score (nSPS) is 15.0. The summed E-state index contributed by atoms with van der Waals surface area (Å²) in [6.45, 7) is 0. The third-order valence-corrected chi connectivity index (χ3v) is 4.47. The maximum absolute atomic E-state index is 12.5. The van der Waals surface area contributed by atoms with Crippen molar-refractivity contribution in [1.29, 1.82) is 0 Å². The van der Waals surface area contributed by atoms with Crippen LogP contribution in [0.15, 0.2) is 48.5 Å². The molecular weight excluding hydrogens is 403 g/mol. The first kappa shape index (κ1) is 14.3. The molecule has 0 saturated heterocycles. The van der Waals surface area contributed by atoms with Gasteiger partial charge in [0.1, 0.15) is 6.42 Å². The summed E-state index contributed by atoms with van der Waals surface area (Å²) in [6, 6.07) is 14.4. The lowest BCUT2D eigenvalue weighted by Crippen LogP contribution is -2.27. The number of hydrogen-bond acceptors (Lipinski definition) is 2. The first-order valence-corrected chi connectivity index (χ1v) is 7.58. The average molecular weight is 413 g/mol. The molecule has 106 valence electrons. The lowest BCUT2D eigenvalue weighted by molar-refractivity contribution is -0.124. The van der Waals surface area contributed by atoms with Gasteiger partial charge in [-0.2, -0.15) is 0 Å². The van der Waals surface area contributed by atoms with Crippen LogP contribution < -0.4 is 8.01 Å². The van der Waals surface area contributed by atoms with Crippen molar-refractivity contribution in [2.45, 2.75) is 6.42 Å². The Hall–Kier alpha value is -1.60. The molecule has 1 aliphatic rings. The Morgan fingerprint density at radius 1 is 0.952 bits per heavy atom. The molecule has 0 fully saturated rings. The van der Waals surface area contributed by atoms with E-state index in [-0.39, 0.29) is 18.2 Å². The fourth-order valence-electron chi connectivity index (χ4n) is 2.25. The molecule has 0 N–H and O–H groups in total. The zero-order valence-electron chi connectivity index (χ0n) is 10.8. The second-order valence-corrected chi connectivity index (χ2v) is 5.95. The molecule has 2 aromatic rings. The molecule has 3 rings (SSSR count). The Balaban J connectivity index is 2.24. The molecule has 0 unspecified atom stereocenters. The fourth-order valence-corrected chi connectivity index (χ4v) is 2.99. The van der Waals surface area contributed by atoms with Crippen LogP contribution in [0.3, 0.4) is 0 Å². The number of para-hydroxylation sites is 1. The molecule has 2 amide bonds. The summed E-state index contributed by atoms with van der Waals surface area (Å²) in [6.07, 6.45) is -0.176. The minimum absolute atomic E-state index is 0.176. The van der Waals surface area contributed by atoms with E-state index in [4.69, 9.17) is 11.6 Å². The Kier molecular flexibility index (Phi) is 3.86. The van der Waals surface area contributed by atoms with Gasteiger partial charge < -0.3 is 0 Å². The van der Waals surface area contributed by atoms with Crippen molar-refractivity contribution < 1.29 is 9.59 Å². The summed E-state index contributed by atoms with van der Waals surface area (Å²) in [5.41, 5.74) is 1.98. The molecule has 1 aliphatic heterocycles. The number of hydrogen-bond donors (Lipinski definition) is 0. The molecule has 0 aromatic heterocycles. The first-order valence-electron chi connectivity index (χ1n) is 6.24. The van der Waals surface area contributed by atoms with Crippen molar-refractivity contribution in [3.05, 3.63) is 53.6 Å². The van der Waals surface area contributed by atoms with Crippen molar-refractivity contribution in [1.82, 2.24) is 0 Å². The van der Waals surface area contributed by atoms with Gasteiger partial charge in [0.05, 0.1) is 34.2 Å². The SMILES string of the molecule is O=C1CC(=O)N(c2ccccc2)c2cc(Cl)ccc2N1I. The summed E-state index contributed by atoms with van der Waals surface area (Å²) >= 11 is 7.98. The number of benzene rings is 2. The van der Waals surface area contributed by atoms with Crippen LogP contribution >= 0.6 is 34.5 Å². The van der Waals surface area contributed by atoms with Gasteiger partial charge in [-0.1, -0.05) is 29.8 Å². The zero-order chi connectivity index (χ0) is 15.0. The van der Waals surface area contributed by atoms with Crippen LogP contribution in [0.5, 0.6) is 0 Å². The maximum atomic E-state index is 12.5. The highest BCUT2D eigenvalue weighted by Crippen LogP contribution is 2.40. The molecule has 0 saturated carbocycles. The van der Waals surface area contributed by atoms with E-state index < -0.39 is 0 Å². The van der Waals surface area contributed by atoms with Gasteiger partial charge in [-0.25, -0.2) is 3.11 Å². The molecule has 0 radical (unpaired) electrons. The average Bonchev–Trinajstić information content (AvgIpc) is 2.56. The molecular formula is C15H10ClIN2O2. The number of carbonyl (C=O) groups is 2. The number of anilines is 3. The van der Waals surface area contributed by atoms with Gasteiger partial charge in [-0.05, 0) is 30.3 Å². The number of nitrogens with zero attached hydrogens (tertiary/aromatic N) is 2. The van der Waals surface area contributed by atoms with Gasteiger partial charge in [0.2, 0.25) is 11.8 Å². The Bertz CT molecular complexity index is 721. The third-order valence-electron chi connectivity index (χ3n) is 3.18. The minimum atomic E-state index is -0.270. The van der Waals surface area contributed by atoms with Crippen molar-refractivity contribution >= 4 is 63.3 Å². The number of halogens is 2. The van der Waals surface area contributed by atoms with Crippen LogP contribution in [0.4, 0.5) is 17.1 Å². The highest BCUT2D eigenvalue weighted by molar-refractivity contribution is 14.1. The van der Waals surface area contributed by atoms with Crippen molar-refractivity contribution in [3.63, 3.8) is 0 Å². The number of fused-ring (bicyclic) bond motifs is 1. The van der Waals surface area contributed by atoms with Crippen LogP contribution in [0.25, 0.3) is 0 Å². The zero-order valence-corrected chi connectivity index (χ0v) is 13.7. The van der Waals surface area contributed by atoms with Crippen LogP contribution in [0, 0.1) is 0 Å². The van der Waals surface area contributed by atoms with E-state index in [1.165, 1.54) is 8.01 Å². The standard InChI is InChI=1S/C15H10ClIN2O2/c16-10-6-7-12-13(8-10)18(11-4-2-1-3-5-11)14(20)9-15(21)19(12)17/h1-8H,9H2. The summed E-state index contributed by atoms with van der Waals surface area (Å²) in [5, 5.41) is 0.515. The molecule has 0 bridgehead atoms. The van der Waals surface area contributed by atoms with E-state index in [0.717, 1.165) is 0 Å². The van der Waals surface area contributed by atoms with E-state index >= 15 is 0 Å². The van der Waals surface area contributed by atoms with Crippen molar-refractivity contribution in [2.75, 3.05) is 8.01 Å². The van der Waals surface area contributed by atoms with Gasteiger partial charge in [0.15, 0.2) is 0 Å². The lowest BCUT2D eigenvalue weighted by Gasteiger charge is -2.23. The highest BCUT2D eigenvalue weighted by atomic mass is 127. The Morgan fingerprint density at radius 2 is 1.67 bits per heavy atom. The second kappa shape index (κ2) is 5.65. The summed E-state index contributed by atoms with van der Waals surface area (Å²) in [5.74, 6) is -0.517. The third kappa shape index (κ3) is 2.63. The minimum Gasteiger partial charge on any atom is -0.278 e. The van der Waals surface area contributed by atoms with Crippen LogP contribution in [0.1, 0.15) is 6.42 Å². The highest BCUT2D eigenvalue weighted by Gasteiger charge is 2.31. The molecule has 4 nitrogen and oxygen atoms in total. The monoisotopic (exact) mass is 412 g/mol. The summed E-state index contributed by atoms with van der Waals surface area (Å²) in [4.78, 5) is 26.1. The summed E-state index contributed by atoms with van der Waals surface area (Å²) in [7, 11) is 0. The van der Waals surface area contributed by atoms with Gasteiger partial charge in [-0.3, -0.25) is 14.5 Å². The van der Waals surface area contributed by atoms with E-state index in [0.29, 0.717) is 22.1 Å². The largest absolute Gasteiger partial charge is 0.278 e. The summed E-state index contributed by atoms with van der Waals surface area (Å²) < 4.78 is 1.46. The Morgan fingerprint density at radius 3 is 2.38 bits per heavy atom. The molecule has 0 aliphatic carbocycles. The predicted octanol–water partition coefficient (Wildman–Crippen LogP) is 4.09. The van der Waals surface area contributed by atoms with E-state index in [2.05, 4.69) is 0 Å². The second-order valence-electron chi connectivity index (χ2n) is 4.55. The smallest absolute Gasteiger partial charge is 0.245 e. The quantitative estimate of drug-likeness (QED) is 0.402. The predicted molar refractivity (Wildman–Crippen MR) is 91.2 cm³/mol. The van der Waals surface area contributed by atoms with Gasteiger partial charge >= 0.3 is 0 Å². The number of amides is 2. The van der Waals surface area contributed by atoms with Gasteiger partial charge in [0, 0.05) is 10.7 Å². The topological polar surface area (TPSA) is 40.6 Å². The van der Waals surface area contributed by atoms with Crippen molar-refractivity contribution in [2.24, 2.45) is 0 Å². The molecule has 6 heteroatoms. The van der Waals surface area contributed by atoms with Crippen LogP contribution in [-0.4, -0.2) is 11.8 Å². The molecule has 0 atom stereocenters. The van der Waals surface area contributed by atoms with Crippen molar-refractivity contribution in [3.8, 4) is 0 Å². The van der Waals surface area contributed by atoms with E-state index in [1.54, 1.807) is 18.2 Å². The fraction of sp³-hybridized carbons (Fsp3) is 0.0667. The number of carbonyl (C=O) groups excluding carboxylic acids is 2. The van der Waals surface area contributed by atoms with Crippen LogP contribution in [-0.2, 0) is 9.59 Å². The lowest BCUT2D eigenvalue weighted by atomic mass is 10.2. The van der Waals surface area contributed by atoms with Gasteiger partial charge in [0.25, 0.3) is 0 Å². The molecule has 0 spiro atoms. The molecule has 1 heterocycles. The number of rotatable bonds is 1. The molecule has 2 aromatic carbocycles. The maximum Gasteiger partial charge on any atom is 0.245 e. The van der Waals surface area contributed by atoms with Crippen LogP contribution in [0.2, 0.25) is 5.02 Å². The van der Waals surface area contributed by atoms with E-state index in [1.807, 2.05) is 53.2 Å². The molecule has 21 heavy (non-hydrogen) atoms. The first-order chi connectivity index (χ1) is 10.1. The van der Waals surface area contributed by atoms with Gasteiger partial charge in [-0.15, -0.1) is 0 Å².